The summed E-state index contributed by atoms with van der Waals surface area (Å²) in [5.41, 5.74) is 4.54. The van der Waals surface area contributed by atoms with Crippen molar-refractivity contribution in [1.82, 2.24) is 0 Å². The van der Waals surface area contributed by atoms with Gasteiger partial charge in [-0.15, -0.1) is 0 Å². The van der Waals surface area contributed by atoms with E-state index in [-0.39, 0.29) is 5.91 Å². The van der Waals surface area contributed by atoms with Gasteiger partial charge in [0.05, 0.1) is 0 Å². The van der Waals surface area contributed by atoms with Gasteiger partial charge in [-0.25, -0.2) is 0 Å². The molecule has 0 spiro atoms. The van der Waals surface area contributed by atoms with Gasteiger partial charge in [-0.1, -0.05) is 92.7 Å². The lowest BCUT2D eigenvalue weighted by Gasteiger charge is -2.15. The third-order valence-corrected chi connectivity index (χ3v) is 4.27. The number of carbonyl (C=O) groups excluding carboxylic acids is 1. The monoisotopic (exact) mass is 341 g/mol. The number of hydrogen-bond donors (Lipinski definition) is 1. The number of benzene rings is 3. The zero-order chi connectivity index (χ0) is 18.4. The molecule has 2 heteroatoms. The molecule has 2 nitrogen and oxygen atoms in total. The minimum Gasteiger partial charge on any atom is -0.322 e. The van der Waals surface area contributed by atoms with Crippen molar-refractivity contribution in [3.63, 3.8) is 0 Å². The quantitative estimate of drug-likeness (QED) is 0.448. The predicted octanol–water partition coefficient (Wildman–Crippen LogP) is 5.99. The average Bonchev–Trinajstić information content (AvgIpc) is 2.68. The molecule has 1 N–H and O–H groups in total. The summed E-state index contributed by atoms with van der Waals surface area (Å²) in [5, 5.41) is 3.10. The van der Waals surface area contributed by atoms with Gasteiger partial charge in [0.1, 0.15) is 0 Å². The zero-order valence-electron chi connectivity index (χ0n) is 15.1. The predicted molar refractivity (Wildman–Crippen MR) is 110 cm³/mol. The first-order valence-electron chi connectivity index (χ1n) is 8.87. The molecule has 0 atom stereocenters. The molecule has 1 amide bonds. The van der Waals surface area contributed by atoms with Gasteiger partial charge in [-0.2, -0.15) is 0 Å². The molecule has 0 aliphatic heterocycles. The molecule has 0 radical (unpaired) electrons. The number of nitrogens with one attached hydrogen (secondary N) is 1. The Hall–Kier alpha value is -3.13. The lowest BCUT2D eigenvalue weighted by Crippen LogP contribution is -2.15. The van der Waals surface area contributed by atoms with Crippen molar-refractivity contribution in [2.75, 3.05) is 5.32 Å². The fourth-order valence-electron chi connectivity index (χ4n) is 2.92. The van der Waals surface area contributed by atoms with E-state index in [1.807, 2.05) is 84.9 Å². The molecule has 26 heavy (non-hydrogen) atoms. The van der Waals surface area contributed by atoms with Crippen LogP contribution in [0.1, 0.15) is 36.5 Å². The van der Waals surface area contributed by atoms with Crippen LogP contribution >= 0.6 is 0 Å². The van der Waals surface area contributed by atoms with Crippen molar-refractivity contribution in [3.05, 3.63) is 102 Å². The number of hydrogen-bond acceptors (Lipinski definition) is 1. The maximum Gasteiger partial charge on any atom is 0.256 e. The van der Waals surface area contributed by atoms with Crippen LogP contribution in [0, 0.1) is 0 Å². The average molecular weight is 341 g/mol. The van der Waals surface area contributed by atoms with E-state index >= 15 is 0 Å². The Labute approximate surface area is 155 Å². The molecule has 0 bridgehead atoms. The Kier molecular flexibility index (Phi) is 5.65. The van der Waals surface area contributed by atoms with Crippen LogP contribution in [0.5, 0.6) is 0 Å². The maximum atomic E-state index is 13.1. The third kappa shape index (κ3) is 4.28. The number of rotatable bonds is 5. The molecule has 0 saturated carbocycles. The van der Waals surface area contributed by atoms with Crippen molar-refractivity contribution in [2.45, 2.75) is 19.8 Å². The Bertz CT molecular complexity index is 896. The molecular weight excluding hydrogens is 318 g/mol. The summed E-state index contributed by atoms with van der Waals surface area (Å²) in [7, 11) is 0. The van der Waals surface area contributed by atoms with Crippen LogP contribution in [-0.4, -0.2) is 5.91 Å². The molecular formula is C24H23NO. The van der Waals surface area contributed by atoms with Crippen LogP contribution < -0.4 is 5.32 Å². The first kappa shape index (κ1) is 17.7. The van der Waals surface area contributed by atoms with E-state index in [2.05, 4.69) is 25.2 Å². The third-order valence-electron chi connectivity index (χ3n) is 4.27. The van der Waals surface area contributed by atoms with Gasteiger partial charge in [0.25, 0.3) is 5.91 Å². The van der Waals surface area contributed by atoms with Crippen LogP contribution in [0.2, 0.25) is 0 Å². The van der Waals surface area contributed by atoms with Crippen LogP contribution in [0.3, 0.4) is 0 Å². The normalized spacial score (nSPS) is 11.4. The summed E-state index contributed by atoms with van der Waals surface area (Å²) in [6.45, 7) is 4.26. The number of para-hydroxylation sites is 1. The van der Waals surface area contributed by atoms with E-state index < -0.39 is 0 Å². The van der Waals surface area contributed by atoms with Crippen molar-refractivity contribution in [3.8, 4) is 0 Å². The minimum absolute atomic E-state index is 0.104. The lowest BCUT2D eigenvalue weighted by molar-refractivity contribution is -0.111. The molecule has 0 fully saturated rings. The highest BCUT2D eigenvalue weighted by molar-refractivity contribution is 6.29. The molecule has 0 aliphatic carbocycles. The highest BCUT2D eigenvalue weighted by atomic mass is 16.1. The maximum absolute atomic E-state index is 13.1. The second-order valence-electron chi connectivity index (χ2n) is 6.53. The first-order valence-corrected chi connectivity index (χ1v) is 8.87. The van der Waals surface area contributed by atoms with Gasteiger partial charge in [0.2, 0.25) is 0 Å². The van der Waals surface area contributed by atoms with Gasteiger partial charge in [-0.05, 0) is 34.8 Å². The molecule has 3 aromatic carbocycles. The summed E-state index contributed by atoms with van der Waals surface area (Å²) in [4.78, 5) is 13.1. The lowest BCUT2D eigenvalue weighted by atomic mass is 9.99. The molecule has 130 valence electrons. The smallest absolute Gasteiger partial charge is 0.256 e. The Morgan fingerprint density at radius 3 is 2.04 bits per heavy atom. The fraction of sp³-hybridized carbons (Fsp3) is 0.125. The topological polar surface area (TPSA) is 29.1 Å². The van der Waals surface area contributed by atoms with Gasteiger partial charge in [0.15, 0.2) is 0 Å². The van der Waals surface area contributed by atoms with Crippen LogP contribution in [0.15, 0.2) is 84.9 Å². The van der Waals surface area contributed by atoms with Crippen LogP contribution in [0.4, 0.5) is 5.69 Å². The number of amides is 1. The van der Waals surface area contributed by atoms with Crippen molar-refractivity contribution in [1.29, 1.82) is 0 Å². The summed E-state index contributed by atoms with van der Waals surface area (Å²) in [5.74, 6) is 0.234. The SMILES string of the molecule is CC(C)c1ccccc1NC(=O)/C(=C/c1ccccc1)c1ccccc1. The summed E-state index contributed by atoms with van der Waals surface area (Å²) < 4.78 is 0. The molecule has 0 saturated heterocycles. The van der Waals surface area contributed by atoms with Gasteiger partial charge < -0.3 is 5.32 Å². The largest absolute Gasteiger partial charge is 0.322 e. The highest BCUT2D eigenvalue weighted by Gasteiger charge is 2.15. The molecule has 3 aromatic rings. The highest BCUT2D eigenvalue weighted by Crippen LogP contribution is 2.26. The standard InChI is InChI=1S/C24H23NO/c1-18(2)21-15-9-10-16-23(21)25-24(26)22(20-13-7-4-8-14-20)17-19-11-5-3-6-12-19/h3-18H,1-2H3,(H,25,26)/b22-17+. The fourth-order valence-corrected chi connectivity index (χ4v) is 2.92. The minimum atomic E-state index is -0.104. The second-order valence-corrected chi connectivity index (χ2v) is 6.53. The first-order chi connectivity index (χ1) is 12.6. The van der Waals surface area contributed by atoms with E-state index in [1.165, 1.54) is 0 Å². The van der Waals surface area contributed by atoms with Crippen molar-refractivity contribution >= 4 is 23.2 Å². The number of carbonyl (C=O) groups is 1. The second kappa shape index (κ2) is 8.30. The van der Waals surface area contributed by atoms with E-state index in [0.717, 1.165) is 22.4 Å². The Morgan fingerprint density at radius 1 is 0.808 bits per heavy atom. The van der Waals surface area contributed by atoms with Gasteiger partial charge in [0, 0.05) is 11.3 Å². The molecule has 0 aromatic heterocycles. The number of anilines is 1. The zero-order valence-corrected chi connectivity index (χ0v) is 15.1. The summed E-state index contributed by atoms with van der Waals surface area (Å²) in [6, 6.07) is 27.7. The van der Waals surface area contributed by atoms with Crippen molar-refractivity contribution in [2.24, 2.45) is 0 Å². The van der Waals surface area contributed by atoms with Crippen molar-refractivity contribution < 1.29 is 4.79 Å². The molecule has 0 unspecified atom stereocenters. The van der Waals surface area contributed by atoms with Crippen LogP contribution in [-0.2, 0) is 4.79 Å². The summed E-state index contributed by atoms with van der Waals surface area (Å²) >= 11 is 0. The van der Waals surface area contributed by atoms with Gasteiger partial charge >= 0.3 is 0 Å². The van der Waals surface area contributed by atoms with Gasteiger partial charge in [-0.3, -0.25) is 4.79 Å². The van der Waals surface area contributed by atoms with E-state index in [9.17, 15) is 4.79 Å². The van der Waals surface area contributed by atoms with E-state index in [4.69, 9.17) is 0 Å². The van der Waals surface area contributed by atoms with E-state index in [0.29, 0.717) is 11.5 Å². The van der Waals surface area contributed by atoms with Crippen LogP contribution in [0.25, 0.3) is 11.6 Å². The Balaban J connectivity index is 1.98. The Morgan fingerprint density at radius 2 is 1.38 bits per heavy atom. The summed E-state index contributed by atoms with van der Waals surface area (Å²) in [6.07, 6.45) is 1.93. The molecule has 0 aliphatic rings. The molecule has 3 rings (SSSR count). The molecule has 0 heterocycles. The van der Waals surface area contributed by atoms with E-state index in [1.54, 1.807) is 0 Å².